The monoisotopic (exact) mass is 452 g/mol. The molecule has 0 fully saturated rings. The fourth-order valence-corrected chi connectivity index (χ4v) is 2.79. The number of nitrogens with one attached hydrogen (secondary N) is 1. The standard InChI is InChI=1S/C24H21ClN2O5/c1-2-30-22-13-17(11-12-21(22)32-24(29)18-7-4-3-5-8-18)15-26-27-23(28)16-31-20-10-6-9-19(25)14-20/h3-15H,2,16H2,1H3,(H,27,28)/b26-15+. The van der Waals surface area contributed by atoms with Crippen molar-refractivity contribution in [2.45, 2.75) is 6.92 Å². The third-order valence-corrected chi connectivity index (χ3v) is 4.28. The Hall–Kier alpha value is -3.84. The number of benzene rings is 3. The van der Waals surface area contributed by atoms with E-state index in [0.717, 1.165) is 0 Å². The third-order valence-electron chi connectivity index (χ3n) is 4.05. The fourth-order valence-electron chi connectivity index (χ4n) is 2.61. The van der Waals surface area contributed by atoms with Crippen LogP contribution in [-0.2, 0) is 4.79 Å². The van der Waals surface area contributed by atoms with Crippen molar-refractivity contribution in [1.82, 2.24) is 5.43 Å². The average Bonchev–Trinajstić information content (AvgIpc) is 2.80. The minimum atomic E-state index is -0.486. The molecule has 0 aliphatic rings. The van der Waals surface area contributed by atoms with Gasteiger partial charge in [0, 0.05) is 5.02 Å². The number of rotatable bonds is 9. The zero-order chi connectivity index (χ0) is 22.8. The molecule has 0 aliphatic carbocycles. The molecule has 32 heavy (non-hydrogen) atoms. The maximum Gasteiger partial charge on any atom is 0.343 e. The number of amides is 1. The molecule has 0 radical (unpaired) electrons. The molecule has 0 aliphatic heterocycles. The number of carbonyl (C=O) groups is 2. The van der Waals surface area contributed by atoms with Gasteiger partial charge in [-0.25, -0.2) is 10.2 Å². The van der Waals surface area contributed by atoms with E-state index in [4.69, 9.17) is 25.8 Å². The van der Waals surface area contributed by atoms with E-state index < -0.39 is 11.9 Å². The Morgan fingerprint density at radius 3 is 2.53 bits per heavy atom. The Labute approximate surface area is 190 Å². The van der Waals surface area contributed by atoms with Gasteiger partial charge in [0.1, 0.15) is 5.75 Å². The van der Waals surface area contributed by atoms with E-state index in [-0.39, 0.29) is 12.4 Å². The van der Waals surface area contributed by atoms with Gasteiger partial charge < -0.3 is 14.2 Å². The van der Waals surface area contributed by atoms with E-state index in [0.29, 0.717) is 34.3 Å². The third kappa shape index (κ3) is 6.85. The van der Waals surface area contributed by atoms with E-state index in [1.165, 1.54) is 6.21 Å². The minimum Gasteiger partial charge on any atom is -0.490 e. The maximum absolute atomic E-state index is 12.3. The van der Waals surface area contributed by atoms with Crippen LogP contribution >= 0.6 is 11.6 Å². The lowest BCUT2D eigenvalue weighted by Crippen LogP contribution is -2.24. The first kappa shape index (κ1) is 22.8. The van der Waals surface area contributed by atoms with Crippen molar-refractivity contribution in [3.8, 4) is 17.2 Å². The second-order valence-corrected chi connectivity index (χ2v) is 6.87. The Balaban J connectivity index is 1.58. The molecule has 7 nitrogen and oxygen atoms in total. The van der Waals surface area contributed by atoms with Gasteiger partial charge in [-0.2, -0.15) is 5.10 Å². The van der Waals surface area contributed by atoms with Gasteiger partial charge in [0.25, 0.3) is 5.91 Å². The Morgan fingerprint density at radius 2 is 1.78 bits per heavy atom. The molecule has 0 saturated carbocycles. The Morgan fingerprint density at radius 1 is 0.969 bits per heavy atom. The van der Waals surface area contributed by atoms with Crippen molar-refractivity contribution in [2.24, 2.45) is 5.10 Å². The van der Waals surface area contributed by atoms with Crippen LogP contribution in [0.2, 0.25) is 5.02 Å². The zero-order valence-electron chi connectivity index (χ0n) is 17.3. The van der Waals surface area contributed by atoms with Gasteiger partial charge in [-0.3, -0.25) is 4.79 Å². The fraction of sp³-hybridized carbons (Fsp3) is 0.125. The Bertz CT molecular complexity index is 1100. The second-order valence-electron chi connectivity index (χ2n) is 6.43. The van der Waals surface area contributed by atoms with Gasteiger partial charge in [0.2, 0.25) is 0 Å². The number of hydrogen-bond donors (Lipinski definition) is 1. The van der Waals surface area contributed by atoms with Gasteiger partial charge in [-0.15, -0.1) is 0 Å². The van der Waals surface area contributed by atoms with Crippen molar-refractivity contribution >= 4 is 29.7 Å². The highest BCUT2D eigenvalue weighted by Gasteiger charge is 2.13. The highest BCUT2D eigenvalue weighted by atomic mass is 35.5. The maximum atomic E-state index is 12.3. The van der Waals surface area contributed by atoms with Gasteiger partial charge >= 0.3 is 5.97 Å². The number of nitrogens with zero attached hydrogens (tertiary/aromatic N) is 1. The molecule has 3 aromatic carbocycles. The largest absolute Gasteiger partial charge is 0.490 e. The predicted molar refractivity (Wildman–Crippen MR) is 122 cm³/mol. The molecular weight excluding hydrogens is 432 g/mol. The molecule has 0 heterocycles. The van der Waals surface area contributed by atoms with Crippen LogP contribution in [0.25, 0.3) is 0 Å². The molecular formula is C24H21ClN2O5. The summed E-state index contributed by atoms with van der Waals surface area (Å²) in [6.07, 6.45) is 1.45. The minimum absolute atomic E-state index is 0.212. The summed E-state index contributed by atoms with van der Waals surface area (Å²) in [5.41, 5.74) is 3.46. The Kier molecular flexibility index (Phi) is 8.22. The molecule has 164 valence electrons. The van der Waals surface area contributed by atoms with Crippen molar-refractivity contribution in [1.29, 1.82) is 0 Å². The lowest BCUT2D eigenvalue weighted by Gasteiger charge is -2.11. The van der Waals surface area contributed by atoms with E-state index in [2.05, 4.69) is 10.5 Å². The van der Waals surface area contributed by atoms with Crippen LogP contribution in [0.15, 0.2) is 77.9 Å². The number of esters is 1. The van der Waals surface area contributed by atoms with Crippen LogP contribution in [-0.4, -0.2) is 31.3 Å². The first-order valence-electron chi connectivity index (χ1n) is 9.79. The summed E-state index contributed by atoms with van der Waals surface area (Å²) in [7, 11) is 0. The summed E-state index contributed by atoms with van der Waals surface area (Å²) in [4.78, 5) is 24.2. The van der Waals surface area contributed by atoms with Crippen LogP contribution in [0.5, 0.6) is 17.2 Å². The molecule has 0 bridgehead atoms. The number of halogens is 1. The van der Waals surface area contributed by atoms with Crippen molar-refractivity contribution in [3.05, 3.63) is 88.9 Å². The van der Waals surface area contributed by atoms with Crippen molar-refractivity contribution in [3.63, 3.8) is 0 Å². The van der Waals surface area contributed by atoms with Gasteiger partial charge in [-0.1, -0.05) is 35.9 Å². The SMILES string of the molecule is CCOc1cc(/C=N/NC(=O)COc2cccc(Cl)c2)ccc1OC(=O)c1ccccc1. The first-order valence-corrected chi connectivity index (χ1v) is 10.2. The summed E-state index contributed by atoms with van der Waals surface area (Å²) >= 11 is 5.87. The van der Waals surface area contributed by atoms with Gasteiger partial charge in [0.15, 0.2) is 18.1 Å². The number of hydrogen-bond acceptors (Lipinski definition) is 6. The summed E-state index contributed by atoms with van der Waals surface area (Å²) in [5, 5.41) is 4.43. The van der Waals surface area contributed by atoms with Crippen LogP contribution in [0, 0.1) is 0 Å². The van der Waals surface area contributed by atoms with Crippen LogP contribution < -0.4 is 19.6 Å². The predicted octanol–water partition coefficient (Wildman–Crippen LogP) is 4.49. The van der Waals surface area contributed by atoms with Crippen LogP contribution in [0.4, 0.5) is 0 Å². The molecule has 0 unspecified atom stereocenters. The number of hydrazone groups is 1. The molecule has 3 rings (SSSR count). The lowest BCUT2D eigenvalue weighted by molar-refractivity contribution is -0.123. The number of carbonyl (C=O) groups excluding carboxylic acids is 2. The first-order chi connectivity index (χ1) is 15.5. The topological polar surface area (TPSA) is 86.2 Å². The highest BCUT2D eigenvalue weighted by Crippen LogP contribution is 2.29. The van der Waals surface area contributed by atoms with Gasteiger partial charge in [0.05, 0.1) is 18.4 Å². The summed E-state index contributed by atoms with van der Waals surface area (Å²) in [6.45, 7) is 1.99. The van der Waals surface area contributed by atoms with Crippen LogP contribution in [0.1, 0.15) is 22.8 Å². The molecule has 0 atom stereocenters. The molecule has 1 amide bonds. The number of ether oxygens (including phenoxy) is 3. The summed E-state index contributed by atoms with van der Waals surface area (Å²) < 4.78 is 16.4. The normalized spacial score (nSPS) is 10.6. The quantitative estimate of drug-likeness (QED) is 0.224. The van der Waals surface area contributed by atoms with Crippen LogP contribution in [0.3, 0.4) is 0 Å². The van der Waals surface area contributed by atoms with E-state index in [9.17, 15) is 9.59 Å². The molecule has 0 saturated heterocycles. The van der Waals surface area contributed by atoms with E-state index in [1.54, 1.807) is 66.7 Å². The average molecular weight is 453 g/mol. The molecule has 8 heteroatoms. The molecule has 0 aromatic heterocycles. The zero-order valence-corrected chi connectivity index (χ0v) is 18.0. The molecule has 1 N–H and O–H groups in total. The second kappa shape index (κ2) is 11.5. The molecule has 3 aromatic rings. The molecule has 0 spiro atoms. The van der Waals surface area contributed by atoms with E-state index in [1.807, 2.05) is 13.0 Å². The highest BCUT2D eigenvalue weighted by molar-refractivity contribution is 6.30. The lowest BCUT2D eigenvalue weighted by atomic mass is 10.2. The summed E-state index contributed by atoms with van der Waals surface area (Å²) in [6, 6.07) is 20.4. The van der Waals surface area contributed by atoms with E-state index >= 15 is 0 Å². The van der Waals surface area contributed by atoms with Gasteiger partial charge in [-0.05, 0) is 61.0 Å². The summed E-state index contributed by atoms with van der Waals surface area (Å²) in [5.74, 6) is 0.242. The van der Waals surface area contributed by atoms with Crippen molar-refractivity contribution in [2.75, 3.05) is 13.2 Å². The smallest absolute Gasteiger partial charge is 0.343 e. The van der Waals surface area contributed by atoms with Crippen molar-refractivity contribution < 1.29 is 23.8 Å².